The number of nitrogens with zero attached hydrogens (tertiary/aromatic N) is 4. The van der Waals surface area contributed by atoms with Crippen molar-refractivity contribution < 1.29 is 4.79 Å². The van der Waals surface area contributed by atoms with Crippen LogP contribution < -0.4 is 0 Å². The molecule has 1 atom stereocenters. The first-order chi connectivity index (χ1) is 11.5. The fourth-order valence-electron chi connectivity index (χ4n) is 3.72. The highest BCUT2D eigenvalue weighted by Gasteiger charge is 2.45. The van der Waals surface area contributed by atoms with Gasteiger partial charge in [-0.1, -0.05) is 29.8 Å². The second-order valence-corrected chi connectivity index (χ2v) is 6.99. The Morgan fingerprint density at radius 3 is 2.83 bits per heavy atom. The number of hydrogen-bond donors (Lipinski definition) is 0. The van der Waals surface area contributed by atoms with Gasteiger partial charge < -0.3 is 4.90 Å². The molecule has 3 rings (SSSR count). The quantitative estimate of drug-likeness (QED) is 0.865. The average Bonchev–Trinajstić information content (AvgIpc) is 3.09. The number of piperidine rings is 1. The van der Waals surface area contributed by atoms with Crippen molar-refractivity contribution in [3.63, 3.8) is 0 Å². The molecule has 1 aromatic heterocycles. The molecule has 1 aliphatic rings. The van der Waals surface area contributed by atoms with Crippen LogP contribution in [-0.4, -0.2) is 52.7 Å². The van der Waals surface area contributed by atoms with Gasteiger partial charge in [-0.15, -0.1) is 0 Å². The number of carbonyl (C=O) groups excluding carboxylic acids is 1. The van der Waals surface area contributed by atoms with Gasteiger partial charge in [0, 0.05) is 39.6 Å². The predicted molar refractivity (Wildman–Crippen MR) is 94.6 cm³/mol. The van der Waals surface area contributed by atoms with Gasteiger partial charge in [0.2, 0.25) is 0 Å². The maximum absolute atomic E-state index is 13.0. The molecular weight excluding hydrogens is 300 g/mol. The minimum Gasteiger partial charge on any atom is -0.347 e. The van der Waals surface area contributed by atoms with Gasteiger partial charge in [-0.05, 0) is 37.9 Å². The van der Waals surface area contributed by atoms with Crippen LogP contribution in [0.1, 0.15) is 24.0 Å². The number of benzene rings is 1. The molecule has 1 aromatic carbocycles. The van der Waals surface area contributed by atoms with Crippen molar-refractivity contribution in [3.8, 4) is 0 Å². The highest BCUT2D eigenvalue weighted by Crippen LogP contribution is 2.31. The Kier molecular flexibility index (Phi) is 4.71. The summed E-state index contributed by atoms with van der Waals surface area (Å²) >= 11 is 0. The minimum atomic E-state index is -0.602. The topological polar surface area (TPSA) is 41.4 Å². The first kappa shape index (κ1) is 16.7. The Bertz CT molecular complexity index is 695. The fraction of sp³-hybridized carbons (Fsp3) is 0.474. The molecule has 0 spiro atoms. The number of hydrogen-bond acceptors (Lipinski definition) is 3. The van der Waals surface area contributed by atoms with Crippen LogP contribution in [0.5, 0.6) is 0 Å². The van der Waals surface area contributed by atoms with Crippen LogP contribution in [0.15, 0.2) is 42.7 Å². The zero-order chi connectivity index (χ0) is 17.2. The number of likely N-dealkylation sites (N-methyl/N-ethyl adjacent to an activating group) is 1. The summed E-state index contributed by atoms with van der Waals surface area (Å²) in [6.07, 6.45) is 5.49. The number of likely N-dealkylation sites (tertiary alicyclic amines) is 1. The van der Waals surface area contributed by atoms with Crippen LogP contribution in [0.4, 0.5) is 0 Å². The summed E-state index contributed by atoms with van der Waals surface area (Å²) < 4.78 is 1.86. The molecule has 5 nitrogen and oxygen atoms in total. The van der Waals surface area contributed by atoms with Crippen LogP contribution >= 0.6 is 0 Å². The van der Waals surface area contributed by atoms with Gasteiger partial charge in [0.1, 0.15) is 0 Å². The van der Waals surface area contributed by atoms with E-state index in [9.17, 15) is 4.79 Å². The van der Waals surface area contributed by atoms with E-state index in [1.807, 2.05) is 31.0 Å². The SMILES string of the molecule is Cc1cccc(CN2CCCC(C(=O)N(C)C)(n3cccn3)C2)c1. The van der Waals surface area contributed by atoms with Crippen LogP contribution in [0, 0.1) is 6.92 Å². The number of rotatable bonds is 4. The summed E-state index contributed by atoms with van der Waals surface area (Å²) in [6.45, 7) is 4.69. The van der Waals surface area contributed by atoms with Crippen molar-refractivity contribution in [1.29, 1.82) is 0 Å². The highest BCUT2D eigenvalue weighted by atomic mass is 16.2. The standard InChI is InChI=1S/C19H26N4O/c1-16-7-4-8-17(13-16)14-22-11-5-9-19(15-22,18(24)21(2)3)23-12-6-10-20-23/h4,6-8,10,12-13H,5,9,11,14-15H2,1-3H3. The molecule has 2 aromatic rings. The van der Waals surface area contributed by atoms with E-state index in [-0.39, 0.29) is 5.91 Å². The van der Waals surface area contributed by atoms with Crippen molar-refractivity contribution in [3.05, 3.63) is 53.9 Å². The van der Waals surface area contributed by atoms with Gasteiger partial charge in [-0.3, -0.25) is 14.4 Å². The molecule has 1 unspecified atom stereocenters. The normalized spacial score (nSPS) is 21.6. The third-order valence-corrected chi connectivity index (χ3v) is 4.79. The van der Waals surface area contributed by atoms with E-state index in [2.05, 4.69) is 41.2 Å². The number of aryl methyl sites for hydroxylation is 1. The lowest BCUT2D eigenvalue weighted by molar-refractivity contribution is -0.142. The predicted octanol–water partition coefficient (Wildman–Crippen LogP) is 2.27. The summed E-state index contributed by atoms with van der Waals surface area (Å²) in [4.78, 5) is 17.1. The van der Waals surface area contributed by atoms with Gasteiger partial charge in [-0.2, -0.15) is 5.10 Å². The largest absolute Gasteiger partial charge is 0.347 e. The smallest absolute Gasteiger partial charge is 0.251 e. The maximum atomic E-state index is 13.0. The van der Waals surface area contributed by atoms with Crippen molar-refractivity contribution in [2.24, 2.45) is 0 Å². The van der Waals surface area contributed by atoms with E-state index < -0.39 is 5.54 Å². The molecule has 0 bridgehead atoms. The molecular formula is C19H26N4O. The molecule has 5 heteroatoms. The van der Waals surface area contributed by atoms with Crippen molar-refractivity contribution in [1.82, 2.24) is 19.6 Å². The lowest BCUT2D eigenvalue weighted by atomic mass is 9.87. The first-order valence-corrected chi connectivity index (χ1v) is 8.51. The summed E-state index contributed by atoms with van der Waals surface area (Å²) in [5.74, 6) is 0.125. The van der Waals surface area contributed by atoms with Crippen LogP contribution in [-0.2, 0) is 16.9 Å². The van der Waals surface area contributed by atoms with E-state index in [1.54, 1.807) is 11.1 Å². The molecule has 0 N–H and O–H groups in total. The molecule has 2 heterocycles. The average molecular weight is 326 g/mol. The van der Waals surface area contributed by atoms with E-state index >= 15 is 0 Å². The number of carbonyl (C=O) groups is 1. The van der Waals surface area contributed by atoms with Gasteiger partial charge >= 0.3 is 0 Å². The van der Waals surface area contributed by atoms with E-state index in [0.717, 1.165) is 25.9 Å². The number of amides is 1. The van der Waals surface area contributed by atoms with Crippen molar-refractivity contribution in [2.45, 2.75) is 31.8 Å². The summed E-state index contributed by atoms with van der Waals surface area (Å²) in [5.41, 5.74) is 1.96. The zero-order valence-corrected chi connectivity index (χ0v) is 14.8. The molecule has 1 fully saturated rings. The Balaban J connectivity index is 1.86. The lowest BCUT2D eigenvalue weighted by Crippen LogP contribution is -2.58. The maximum Gasteiger partial charge on any atom is 0.251 e. The molecule has 1 saturated heterocycles. The van der Waals surface area contributed by atoms with Crippen LogP contribution in [0.2, 0.25) is 0 Å². The third-order valence-electron chi connectivity index (χ3n) is 4.79. The van der Waals surface area contributed by atoms with Gasteiger partial charge in [0.25, 0.3) is 5.91 Å². The van der Waals surface area contributed by atoms with Gasteiger partial charge in [0.05, 0.1) is 0 Å². The van der Waals surface area contributed by atoms with Crippen LogP contribution in [0.3, 0.4) is 0 Å². The molecule has 0 saturated carbocycles. The second-order valence-electron chi connectivity index (χ2n) is 6.99. The Morgan fingerprint density at radius 1 is 1.33 bits per heavy atom. The molecule has 24 heavy (non-hydrogen) atoms. The van der Waals surface area contributed by atoms with Crippen molar-refractivity contribution >= 4 is 5.91 Å². The Labute approximate surface area is 143 Å². The Morgan fingerprint density at radius 2 is 2.17 bits per heavy atom. The third kappa shape index (κ3) is 3.22. The number of aromatic nitrogens is 2. The molecule has 128 valence electrons. The molecule has 0 aliphatic carbocycles. The second kappa shape index (κ2) is 6.77. The minimum absolute atomic E-state index is 0.125. The zero-order valence-electron chi connectivity index (χ0n) is 14.8. The summed E-state index contributed by atoms with van der Waals surface area (Å²) in [6, 6.07) is 10.5. The van der Waals surface area contributed by atoms with E-state index in [4.69, 9.17) is 0 Å². The summed E-state index contributed by atoms with van der Waals surface area (Å²) in [5, 5.41) is 4.41. The van der Waals surface area contributed by atoms with E-state index in [1.165, 1.54) is 11.1 Å². The van der Waals surface area contributed by atoms with Crippen LogP contribution in [0.25, 0.3) is 0 Å². The van der Waals surface area contributed by atoms with E-state index in [0.29, 0.717) is 6.54 Å². The molecule has 1 aliphatic heterocycles. The summed E-state index contributed by atoms with van der Waals surface area (Å²) in [7, 11) is 3.65. The fourth-order valence-corrected chi connectivity index (χ4v) is 3.72. The van der Waals surface area contributed by atoms with Gasteiger partial charge in [-0.25, -0.2) is 0 Å². The first-order valence-electron chi connectivity index (χ1n) is 8.51. The van der Waals surface area contributed by atoms with Gasteiger partial charge in [0.15, 0.2) is 5.54 Å². The van der Waals surface area contributed by atoms with Crippen molar-refractivity contribution in [2.75, 3.05) is 27.2 Å². The molecule has 1 amide bonds. The molecule has 0 radical (unpaired) electrons. The highest BCUT2D eigenvalue weighted by molar-refractivity contribution is 5.84. The monoisotopic (exact) mass is 326 g/mol. The Hall–Kier alpha value is -2.14. The lowest BCUT2D eigenvalue weighted by Gasteiger charge is -2.43.